The average Bonchev–Trinajstić information content (AvgIpc) is 3.27. The summed E-state index contributed by atoms with van der Waals surface area (Å²) >= 11 is 11.9. The van der Waals surface area contributed by atoms with E-state index < -0.39 is 0 Å². The van der Waals surface area contributed by atoms with Crippen molar-refractivity contribution in [2.24, 2.45) is 0 Å². The number of rotatable bonds is 4. The van der Waals surface area contributed by atoms with Gasteiger partial charge in [0.05, 0.1) is 10.0 Å². The van der Waals surface area contributed by atoms with Crippen LogP contribution in [0.15, 0.2) is 42.6 Å². The molecule has 1 aliphatic carbocycles. The fourth-order valence-electron chi connectivity index (χ4n) is 3.21. The molecular formula is C19H15Cl2FN2O. The monoisotopic (exact) mass is 376 g/mol. The predicted molar refractivity (Wildman–Crippen MR) is 98.0 cm³/mol. The minimum absolute atomic E-state index is 0.141. The van der Waals surface area contributed by atoms with E-state index in [1.165, 1.54) is 6.07 Å². The third-order valence-electron chi connectivity index (χ3n) is 4.84. The molecule has 1 heterocycles. The van der Waals surface area contributed by atoms with Crippen LogP contribution in [0.5, 0.6) is 0 Å². The van der Waals surface area contributed by atoms with E-state index in [0.717, 1.165) is 29.3 Å². The number of halogens is 3. The molecule has 1 saturated carbocycles. The van der Waals surface area contributed by atoms with Crippen LogP contribution >= 0.6 is 23.2 Å². The Kier molecular flexibility index (Phi) is 3.97. The van der Waals surface area contributed by atoms with Gasteiger partial charge in [-0.25, -0.2) is 4.39 Å². The molecule has 0 unspecified atom stereocenters. The molecule has 0 atom stereocenters. The summed E-state index contributed by atoms with van der Waals surface area (Å²) in [7, 11) is 0. The SMILES string of the molecule is O=C(NCC1(c2c[nH]c3ccc(F)cc23)CC1)c1ccc(Cl)c(Cl)c1. The highest BCUT2D eigenvalue weighted by Crippen LogP contribution is 2.50. The first-order valence-corrected chi connectivity index (χ1v) is 8.74. The number of hydrogen-bond acceptors (Lipinski definition) is 1. The van der Waals surface area contributed by atoms with Crippen LogP contribution in [0.4, 0.5) is 4.39 Å². The van der Waals surface area contributed by atoms with Gasteiger partial charge in [-0.3, -0.25) is 4.79 Å². The Hall–Kier alpha value is -2.04. The molecule has 1 amide bonds. The number of nitrogens with one attached hydrogen (secondary N) is 2. The molecule has 4 rings (SSSR count). The highest BCUT2D eigenvalue weighted by molar-refractivity contribution is 6.42. The number of amides is 1. The lowest BCUT2D eigenvalue weighted by Crippen LogP contribution is -2.32. The van der Waals surface area contributed by atoms with E-state index in [0.29, 0.717) is 22.2 Å². The highest BCUT2D eigenvalue weighted by atomic mass is 35.5. The van der Waals surface area contributed by atoms with E-state index in [-0.39, 0.29) is 17.1 Å². The van der Waals surface area contributed by atoms with Crippen molar-refractivity contribution < 1.29 is 9.18 Å². The second kappa shape index (κ2) is 6.04. The van der Waals surface area contributed by atoms with Gasteiger partial charge in [-0.1, -0.05) is 23.2 Å². The van der Waals surface area contributed by atoms with Gasteiger partial charge < -0.3 is 10.3 Å². The smallest absolute Gasteiger partial charge is 0.251 e. The Morgan fingerprint density at radius 1 is 1.16 bits per heavy atom. The molecule has 128 valence electrons. The van der Waals surface area contributed by atoms with Gasteiger partial charge in [0.2, 0.25) is 0 Å². The zero-order valence-electron chi connectivity index (χ0n) is 13.2. The van der Waals surface area contributed by atoms with Gasteiger partial charge in [0.1, 0.15) is 5.82 Å². The molecule has 0 aliphatic heterocycles. The Balaban J connectivity index is 1.54. The minimum Gasteiger partial charge on any atom is -0.361 e. The zero-order valence-corrected chi connectivity index (χ0v) is 14.7. The quantitative estimate of drug-likeness (QED) is 0.655. The van der Waals surface area contributed by atoms with Crippen molar-refractivity contribution in [3.8, 4) is 0 Å². The molecule has 0 spiro atoms. The molecule has 3 aromatic rings. The van der Waals surface area contributed by atoms with Gasteiger partial charge in [-0.15, -0.1) is 0 Å². The summed E-state index contributed by atoms with van der Waals surface area (Å²) in [5.41, 5.74) is 2.28. The number of hydrogen-bond donors (Lipinski definition) is 2. The summed E-state index contributed by atoms with van der Waals surface area (Å²) in [6.45, 7) is 0.496. The fraction of sp³-hybridized carbons (Fsp3) is 0.211. The number of carbonyl (C=O) groups excluding carboxylic acids is 1. The Morgan fingerprint density at radius 2 is 1.96 bits per heavy atom. The first-order valence-electron chi connectivity index (χ1n) is 7.99. The number of H-pyrrole nitrogens is 1. The third kappa shape index (κ3) is 3.00. The molecule has 1 fully saturated rings. The second-order valence-electron chi connectivity index (χ2n) is 6.48. The third-order valence-corrected chi connectivity index (χ3v) is 5.58. The maximum absolute atomic E-state index is 13.6. The Labute approximate surface area is 154 Å². The Morgan fingerprint density at radius 3 is 2.68 bits per heavy atom. The van der Waals surface area contributed by atoms with Crippen LogP contribution in [-0.4, -0.2) is 17.4 Å². The molecule has 0 radical (unpaired) electrons. The minimum atomic E-state index is -0.260. The number of benzene rings is 2. The van der Waals surface area contributed by atoms with Gasteiger partial charge in [0, 0.05) is 34.6 Å². The molecule has 0 saturated heterocycles. The summed E-state index contributed by atoms with van der Waals surface area (Å²) in [5, 5.41) is 4.61. The normalized spacial score (nSPS) is 15.3. The number of aromatic amines is 1. The maximum atomic E-state index is 13.6. The van der Waals surface area contributed by atoms with Crippen molar-refractivity contribution in [3.63, 3.8) is 0 Å². The predicted octanol–water partition coefficient (Wildman–Crippen LogP) is 5.08. The average molecular weight is 377 g/mol. The molecular weight excluding hydrogens is 362 g/mol. The number of aromatic nitrogens is 1. The maximum Gasteiger partial charge on any atom is 0.251 e. The topological polar surface area (TPSA) is 44.9 Å². The summed E-state index contributed by atoms with van der Waals surface area (Å²) in [6.07, 6.45) is 3.83. The molecule has 6 heteroatoms. The van der Waals surface area contributed by atoms with Gasteiger partial charge in [-0.2, -0.15) is 0 Å². The second-order valence-corrected chi connectivity index (χ2v) is 7.30. The van der Waals surface area contributed by atoms with Crippen molar-refractivity contribution in [1.82, 2.24) is 10.3 Å². The zero-order chi connectivity index (χ0) is 17.6. The van der Waals surface area contributed by atoms with E-state index in [4.69, 9.17) is 23.2 Å². The van der Waals surface area contributed by atoms with Crippen molar-refractivity contribution in [2.75, 3.05) is 6.54 Å². The van der Waals surface area contributed by atoms with E-state index in [2.05, 4.69) is 10.3 Å². The van der Waals surface area contributed by atoms with Crippen molar-refractivity contribution in [2.45, 2.75) is 18.3 Å². The van der Waals surface area contributed by atoms with Crippen LogP contribution in [0.2, 0.25) is 10.0 Å². The molecule has 2 aromatic carbocycles. The van der Waals surface area contributed by atoms with Crippen molar-refractivity contribution in [1.29, 1.82) is 0 Å². The van der Waals surface area contributed by atoms with Crippen LogP contribution < -0.4 is 5.32 Å². The summed E-state index contributed by atoms with van der Waals surface area (Å²) in [4.78, 5) is 15.6. The Bertz CT molecular complexity index is 979. The number of carbonyl (C=O) groups is 1. The lowest BCUT2D eigenvalue weighted by Gasteiger charge is -2.16. The standard InChI is InChI=1S/C19H15Cl2FN2O/c20-15-3-1-11(7-16(15)21)18(25)24-10-19(5-6-19)14-9-23-17-4-2-12(22)8-13(14)17/h1-4,7-9,23H,5-6,10H2,(H,24,25). The van der Waals surface area contributed by atoms with Gasteiger partial charge >= 0.3 is 0 Å². The van der Waals surface area contributed by atoms with Crippen LogP contribution in [-0.2, 0) is 5.41 Å². The van der Waals surface area contributed by atoms with Crippen molar-refractivity contribution >= 4 is 40.0 Å². The lowest BCUT2D eigenvalue weighted by atomic mass is 9.95. The first kappa shape index (κ1) is 16.4. The van der Waals surface area contributed by atoms with Crippen molar-refractivity contribution in [3.05, 3.63) is 69.6 Å². The molecule has 1 aromatic heterocycles. The summed E-state index contributed by atoms with van der Waals surface area (Å²) < 4.78 is 13.6. The van der Waals surface area contributed by atoms with E-state index in [9.17, 15) is 9.18 Å². The summed E-state index contributed by atoms with van der Waals surface area (Å²) in [6, 6.07) is 9.52. The molecule has 2 N–H and O–H groups in total. The van der Waals surface area contributed by atoms with Gasteiger partial charge in [0.25, 0.3) is 5.91 Å². The van der Waals surface area contributed by atoms with Gasteiger partial charge in [-0.05, 0) is 54.8 Å². The number of fused-ring (bicyclic) bond motifs is 1. The van der Waals surface area contributed by atoms with Crippen LogP contribution in [0.3, 0.4) is 0 Å². The highest BCUT2D eigenvalue weighted by Gasteiger charge is 2.45. The van der Waals surface area contributed by atoms with Crippen LogP contribution in [0.25, 0.3) is 10.9 Å². The fourth-order valence-corrected chi connectivity index (χ4v) is 3.51. The van der Waals surface area contributed by atoms with Crippen LogP contribution in [0.1, 0.15) is 28.8 Å². The molecule has 1 aliphatic rings. The largest absolute Gasteiger partial charge is 0.361 e. The van der Waals surface area contributed by atoms with E-state index in [1.807, 2.05) is 6.20 Å². The van der Waals surface area contributed by atoms with E-state index in [1.54, 1.807) is 30.3 Å². The van der Waals surface area contributed by atoms with Gasteiger partial charge in [0.15, 0.2) is 0 Å². The molecule has 25 heavy (non-hydrogen) atoms. The summed E-state index contributed by atoms with van der Waals surface area (Å²) in [5.74, 6) is -0.458. The molecule has 0 bridgehead atoms. The molecule has 3 nitrogen and oxygen atoms in total. The van der Waals surface area contributed by atoms with Crippen LogP contribution in [0, 0.1) is 5.82 Å². The lowest BCUT2D eigenvalue weighted by molar-refractivity contribution is 0.0949. The van der Waals surface area contributed by atoms with E-state index >= 15 is 0 Å². The first-order chi connectivity index (χ1) is 12.0.